The van der Waals surface area contributed by atoms with Crippen molar-refractivity contribution in [2.45, 2.75) is 45.5 Å². The third kappa shape index (κ3) is 5.84. The Hall–Kier alpha value is -1.82. The van der Waals surface area contributed by atoms with Crippen molar-refractivity contribution in [3.8, 4) is 0 Å². The van der Waals surface area contributed by atoms with Crippen molar-refractivity contribution in [3.63, 3.8) is 0 Å². The average Bonchev–Trinajstić information content (AvgIpc) is 3.01. The summed E-state index contributed by atoms with van der Waals surface area (Å²) in [6, 6.07) is -0.00269. The second-order valence-corrected chi connectivity index (χ2v) is 8.85. The third-order valence-corrected chi connectivity index (χ3v) is 6.36. The molecule has 0 bridgehead atoms. The summed E-state index contributed by atoms with van der Waals surface area (Å²) in [5.74, 6) is 0.471. The Labute approximate surface area is 163 Å². The molecule has 12 heteroatoms. The van der Waals surface area contributed by atoms with Gasteiger partial charge < -0.3 is 10.6 Å². The van der Waals surface area contributed by atoms with Crippen LogP contribution in [0.5, 0.6) is 0 Å². The van der Waals surface area contributed by atoms with Crippen molar-refractivity contribution in [1.82, 2.24) is 24.7 Å². The fraction of sp³-hybridized carbons (Fsp3) is 0.750. The lowest BCUT2D eigenvalue weighted by atomic mass is 10.1. The highest BCUT2D eigenvalue weighted by Crippen LogP contribution is 2.30. The maximum Gasteiger partial charge on any atom is 0.435 e. The molecular formula is C16H27F3N6O2S. The number of sulfonamides is 1. The average molecular weight is 424 g/mol. The van der Waals surface area contributed by atoms with Crippen LogP contribution in [-0.4, -0.2) is 59.9 Å². The topological polar surface area (TPSA) is 91.6 Å². The van der Waals surface area contributed by atoms with Crippen molar-refractivity contribution in [1.29, 1.82) is 0 Å². The van der Waals surface area contributed by atoms with Gasteiger partial charge in [0.2, 0.25) is 10.0 Å². The summed E-state index contributed by atoms with van der Waals surface area (Å²) in [5.41, 5.74) is -0.941. The summed E-state index contributed by atoms with van der Waals surface area (Å²) in [4.78, 5) is 4.26. The van der Waals surface area contributed by atoms with Crippen LogP contribution < -0.4 is 10.6 Å². The van der Waals surface area contributed by atoms with Gasteiger partial charge in [-0.3, -0.25) is 4.68 Å². The number of alkyl halides is 3. The van der Waals surface area contributed by atoms with Crippen LogP contribution in [0.3, 0.4) is 0 Å². The molecule has 0 radical (unpaired) electrons. The van der Waals surface area contributed by atoms with Crippen LogP contribution in [0.15, 0.2) is 11.2 Å². The largest absolute Gasteiger partial charge is 0.435 e. The SMILES string of the molecule is CCNC(=NCc1cn(C)nc1C(F)(F)F)NC1CCN(S(=O)(=O)CC)CC1. The van der Waals surface area contributed by atoms with Crippen molar-refractivity contribution in [2.75, 3.05) is 25.4 Å². The first-order valence-corrected chi connectivity index (χ1v) is 10.8. The number of aryl methyl sites for hydroxylation is 1. The number of aliphatic imine (C=N–C) groups is 1. The first-order valence-electron chi connectivity index (χ1n) is 9.19. The maximum atomic E-state index is 13.1. The van der Waals surface area contributed by atoms with Gasteiger partial charge in [0.25, 0.3) is 0 Å². The molecule has 0 saturated carbocycles. The minimum Gasteiger partial charge on any atom is -0.357 e. The van der Waals surface area contributed by atoms with Gasteiger partial charge in [0.05, 0.1) is 12.3 Å². The zero-order valence-corrected chi connectivity index (χ0v) is 17.1. The van der Waals surface area contributed by atoms with E-state index in [2.05, 4.69) is 20.7 Å². The first kappa shape index (κ1) is 22.5. The molecule has 0 aromatic carbocycles. The summed E-state index contributed by atoms with van der Waals surface area (Å²) in [6.07, 6.45) is -2.02. The summed E-state index contributed by atoms with van der Waals surface area (Å²) in [6.45, 7) is 4.68. The Balaban J connectivity index is 2.03. The molecule has 0 aliphatic carbocycles. The van der Waals surface area contributed by atoms with E-state index in [0.29, 0.717) is 38.4 Å². The van der Waals surface area contributed by atoms with Gasteiger partial charge in [-0.15, -0.1) is 0 Å². The fourth-order valence-corrected chi connectivity index (χ4v) is 4.16. The zero-order valence-electron chi connectivity index (χ0n) is 16.3. The van der Waals surface area contributed by atoms with Crippen LogP contribution in [0.25, 0.3) is 0 Å². The summed E-state index contributed by atoms with van der Waals surface area (Å²) in [5, 5.41) is 9.69. The number of hydrogen-bond donors (Lipinski definition) is 2. The molecule has 8 nitrogen and oxygen atoms in total. The number of nitrogens with one attached hydrogen (secondary N) is 2. The Bertz CT molecular complexity index is 783. The molecule has 0 unspecified atom stereocenters. The molecule has 1 aliphatic rings. The van der Waals surface area contributed by atoms with Crippen molar-refractivity contribution in [2.24, 2.45) is 12.0 Å². The molecule has 28 heavy (non-hydrogen) atoms. The van der Waals surface area contributed by atoms with E-state index in [1.807, 2.05) is 6.92 Å². The molecule has 0 atom stereocenters. The number of nitrogens with zero attached hydrogens (tertiary/aromatic N) is 4. The van der Waals surface area contributed by atoms with Gasteiger partial charge in [-0.05, 0) is 26.7 Å². The summed E-state index contributed by atoms with van der Waals surface area (Å²) in [7, 11) is -1.77. The van der Waals surface area contributed by atoms with Crippen LogP contribution in [0.1, 0.15) is 37.9 Å². The second kappa shape index (κ2) is 9.12. The number of halogens is 3. The van der Waals surface area contributed by atoms with Crippen LogP contribution in [0, 0.1) is 0 Å². The molecule has 0 spiro atoms. The van der Waals surface area contributed by atoms with E-state index in [-0.39, 0.29) is 23.9 Å². The molecule has 1 fully saturated rings. The minimum atomic E-state index is -4.53. The molecule has 1 saturated heterocycles. The third-order valence-electron chi connectivity index (χ3n) is 4.48. The quantitative estimate of drug-likeness (QED) is 0.531. The van der Waals surface area contributed by atoms with Crippen LogP contribution in [0.2, 0.25) is 0 Å². The Morgan fingerprint density at radius 1 is 1.32 bits per heavy atom. The van der Waals surface area contributed by atoms with E-state index < -0.39 is 21.9 Å². The first-order chi connectivity index (χ1) is 13.1. The van der Waals surface area contributed by atoms with Crippen molar-refractivity contribution >= 4 is 16.0 Å². The van der Waals surface area contributed by atoms with Crippen molar-refractivity contribution in [3.05, 3.63) is 17.5 Å². The van der Waals surface area contributed by atoms with E-state index in [1.54, 1.807) is 6.92 Å². The highest BCUT2D eigenvalue weighted by molar-refractivity contribution is 7.89. The van der Waals surface area contributed by atoms with Gasteiger partial charge in [0.15, 0.2) is 11.7 Å². The molecule has 160 valence electrons. The van der Waals surface area contributed by atoms with Crippen molar-refractivity contribution < 1.29 is 21.6 Å². The van der Waals surface area contributed by atoms with Gasteiger partial charge in [0, 0.05) is 44.5 Å². The molecule has 2 N–H and O–H groups in total. The number of rotatable bonds is 6. The molecule has 0 amide bonds. The van der Waals surface area contributed by atoms with E-state index >= 15 is 0 Å². The van der Waals surface area contributed by atoms with Crippen LogP contribution in [-0.2, 0) is 29.8 Å². The van der Waals surface area contributed by atoms with E-state index in [4.69, 9.17) is 0 Å². The highest BCUT2D eigenvalue weighted by Gasteiger charge is 2.36. The molecule has 1 aromatic rings. The van der Waals surface area contributed by atoms with Gasteiger partial charge in [0.1, 0.15) is 0 Å². The predicted molar refractivity (Wildman–Crippen MR) is 100 cm³/mol. The van der Waals surface area contributed by atoms with E-state index in [9.17, 15) is 21.6 Å². The van der Waals surface area contributed by atoms with Gasteiger partial charge in [-0.25, -0.2) is 17.7 Å². The number of piperidine rings is 1. The number of guanidine groups is 1. The molecule has 2 rings (SSSR count). The predicted octanol–water partition coefficient (Wildman–Crippen LogP) is 1.31. The minimum absolute atomic E-state index is 0.00269. The van der Waals surface area contributed by atoms with E-state index in [1.165, 1.54) is 17.5 Å². The van der Waals surface area contributed by atoms with E-state index in [0.717, 1.165) is 4.68 Å². The fourth-order valence-electron chi connectivity index (χ4n) is 3.03. The van der Waals surface area contributed by atoms with Crippen LogP contribution >= 0.6 is 0 Å². The van der Waals surface area contributed by atoms with Crippen LogP contribution in [0.4, 0.5) is 13.2 Å². The number of aromatic nitrogens is 2. The lowest BCUT2D eigenvalue weighted by molar-refractivity contribution is -0.142. The molecule has 1 aromatic heterocycles. The molecule has 2 heterocycles. The zero-order chi connectivity index (χ0) is 20.9. The van der Waals surface area contributed by atoms with Gasteiger partial charge in [-0.1, -0.05) is 0 Å². The number of hydrogen-bond acceptors (Lipinski definition) is 4. The normalized spacial score (nSPS) is 17.7. The van der Waals surface area contributed by atoms with Gasteiger partial charge >= 0.3 is 6.18 Å². The monoisotopic (exact) mass is 424 g/mol. The Morgan fingerprint density at radius 2 is 1.96 bits per heavy atom. The lowest BCUT2D eigenvalue weighted by Crippen LogP contribution is -2.50. The smallest absolute Gasteiger partial charge is 0.357 e. The Kier molecular flexibility index (Phi) is 7.32. The molecule has 1 aliphatic heterocycles. The lowest BCUT2D eigenvalue weighted by Gasteiger charge is -2.32. The maximum absolute atomic E-state index is 13.1. The summed E-state index contributed by atoms with van der Waals surface area (Å²) < 4.78 is 65.6. The highest BCUT2D eigenvalue weighted by atomic mass is 32.2. The standard InChI is InChI=1S/C16H27F3N6O2S/c1-4-20-15(21-10-12-11-24(3)23-14(12)16(17,18)19)22-13-6-8-25(9-7-13)28(26,27)5-2/h11,13H,4-10H2,1-3H3,(H2,20,21,22). The Morgan fingerprint density at radius 3 is 2.50 bits per heavy atom. The molecular weight excluding hydrogens is 397 g/mol. The second-order valence-electron chi connectivity index (χ2n) is 6.59. The van der Waals surface area contributed by atoms with Gasteiger partial charge in [-0.2, -0.15) is 18.3 Å². The summed E-state index contributed by atoms with van der Waals surface area (Å²) >= 11 is 0.